The van der Waals surface area contributed by atoms with Gasteiger partial charge in [0.25, 0.3) is 5.56 Å². The van der Waals surface area contributed by atoms with Crippen molar-refractivity contribution in [2.45, 2.75) is 40.0 Å². The first-order valence-electron chi connectivity index (χ1n) is 13.0. The van der Waals surface area contributed by atoms with Gasteiger partial charge < -0.3 is 14.4 Å². The number of carbonyl (C=O) groups is 2. The molecule has 11 heteroatoms. The maximum atomic E-state index is 13.8. The Labute approximate surface area is 229 Å². The number of fused-ring (bicyclic) bond motifs is 1. The van der Waals surface area contributed by atoms with E-state index < -0.39 is 0 Å². The molecule has 1 aromatic carbocycles. The van der Waals surface area contributed by atoms with E-state index in [4.69, 9.17) is 14.6 Å². The van der Waals surface area contributed by atoms with Gasteiger partial charge in [0.05, 0.1) is 43.0 Å². The molecule has 0 spiro atoms. The largest absolute Gasteiger partial charge is 0.497 e. The second kappa shape index (κ2) is 11.0. The lowest BCUT2D eigenvalue weighted by molar-refractivity contribution is -0.151. The number of benzene rings is 1. The van der Waals surface area contributed by atoms with Crippen molar-refractivity contribution in [3.63, 3.8) is 0 Å². The number of esters is 1. The van der Waals surface area contributed by atoms with Gasteiger partial charge in [-0.2, -0.15) is 5.10 Å². The summed E-state index contributed by atoms with van der Waals surface area (Å²) >= 11 is 1.33. The maximum Gasteiger partial charge on any atom is 0.310 e. The van der Waals surface area contributed by atoms with Gasteiger partial charge >= 0.3 is 5.97 Å². The number of aromatic nitrogens is 4. The second-order valence-electron chi connectivity index (χ2n) is 9.61. The number of nitrogens with zero attached hydrogens (tertiary/aromatic N) is 5. The Morgan fingerprint density at radius 3 is 2.67 bits per heavy atom. The fourth-order valence-electron chi connectivity index (χ4n) is 5.03. The second-order valence-corrected chi connectivity index (χ2v) is 10.4. The molecule has 0 bridgehead atoms. The third kappa shape index (κ3) is 5.18. The molecular weight excluding hydrogens is 518 g/mol. The summed E-state index contributed by atoms with van der Waals surface area (Å²) in [7, 11) is 1.62. The van der Waals surface area contributed by atoms with Crippen LogP contribution in [0.3, 0.4) is 0 Å². The van der Waals surface area contributed by atoms with E-state index >= 15 is 0 Å². The Morgan fingerprint density at radius 2 is 1.95 bits per heavy atom. The fraction of sp³-hybridized carbons (Fsp3) is 0.393. The number of methoxy groups -OCH3 is 1. The number of thiazole rings is 1. The molecule has 1 aliphatic rings. The molecule has 4 heterocycles. The zero-order valence-electron chi connectivity index (χ0n) is 22.5. The molecule has 0 radical (unpaired) electrons. The number of piperidine rings is 1. The zero-order chi connectivity index (χ0) is 27.7. The van der Waals surface area contributed by atoms with Crippen LogP contribution in [0.5, 0.6) is 5.75 Å². The van der Waals surface area contributed by atoms with E-state index in [1.165, 1.54) is 15.7 Å². The van der Waals surface area contributed by atoms with Gasteiger partial charge in [-0.05, 0) is 63.9 Å². The van der Waals surface area contributed by atoms with Crippen molar-refractivity contribution >= 4 is 28.2 Å². The van der Waals surface area contributed by atoms with Gasteiger partial charge in [0.2, 0.25) is 5.91 Å². The van der Waals surface area contributed by atoms with Crippen molar-refractivity contribution in [2.24, 2.45) is 5.92 Å². The Hall–Kier alpha value is -3.99. The van der Waals surface area contributed by atoms with E-state index in [2.05, 4.69) is 4.98 Å². The Morgan fingerprint density at radius 1 is 1.18 bits per heavy atom. The summed E-state index contributed by atoms with van der Waals surface area (Å²) in [6.07, 6.45) is 1.48. The molecule has 0 N–H and O–H groups in total. The van der Waals surface area contributed by atoms with Gasteiger partial charge in [-0.1, -0.05) is 0 Å². The van der Waals surface area contributed by atoms with Crippen LogP contribution in [0.2, 0.25) is 0 Å². The number of carbonyl (C=O) groups excluding carboxylic acids is 2. The van der Waals surface area contributed by atoms with Crippen molar-refractivity contribution in [1.82, 2.24) is 24.1 Å². The molecule has 1 aliphatic heterocycles. The lowest BCUT2D eigenvalue weighted by Gasteiger charge is -2.31. The smallest absolute Gasteiger partial charge is 0.310 e. The minimum atomic E-state index is -0.315. The highest BCUT2D eigenvalue weighted by Gasteiger charge is 2.30. The van der Waals surface area contributed by atoms with Crippen molar-refractivity contribution in [2.75, 3.05) is 26.8 Å². The maximum absolute atomic E-state index is 13.8. The summed E-state index contributed by atoms with van der Waals surface area (Å²) < 4.78 is 13.7. The molecular formula is C28H31N5O5S. The molecule has 204 valence electrons. The summed E-state index contributed by atoms with van der Waals surface area (Å²) in [4.78, 5) is 46.2. The molecule has 0 saturated carbocycles. The average Bonchev–Trinajstić information content (AvgIpc) is 3.51. The number of hydrogen-bond donors (Lipinski definition) is 0. The van der Waals surface area contributed by atoms with Crippen molar-refractivity contribution in [3.05, 3.63) is 63.1 Å². The summed E-state index contributed by atoms with van der Waals surface area (Å²) in [5.41, 5.74) is 3.51. The lowest BCUT2D eigenvalue weighted by atomic mass is 9.98. The van der Waals surface area contributed by atoms with Gasteiger partial charge in [-0.3, -0.25) is 18.8 Å². The third-order valence-electron chi connectivity index (χ3n) is 7.01. The number of ether oxygens (including phenoxy) is 2. The normalized spacial score (nSPS) is 15.5. The van der Waals surface area contributed by atoms with Gasteiger partial charge in [0, 0.05) is 29.9 Å². The first kappa shape index (κ1) is 26.6. The number of likely N-dealkylation sites (tertiary alicyclic amines) is 1. The molecule has 10 nitrogen and oxygen atoms in total. The molecule has 3 aromatic heterocycles. The quantitative estimate of drug-likeness (QED) is 0.324. The molecule has 1 fully saturated rings. The molecule has 1 amide bonds. The molecule has 1 saturated heterocycles. The molecule has 0 aliphatic carbocycles. The SMILES string of the molecule is CCOC(=O)C1CCCN(C(=O)Cc2csc3nc(C)c(-c4cc(C)n(-c5ccc(OC)cc5)n4)c(=O)n23)C1. The number of hydrogen-bond acceptors (Lipinski definition) is 8. The number of amides is 1. The summed E-state index contributed by atoms with van der Waals surface area (Å²) in [5.74, 6) is 0.0378. The number of aryl methyl sites for hydroxylation is 2. The van der Waals surface area contributed by atoms with Crippen molar-refractivity contribution in [1.29, 1.82) is 0 Å². The van der Waals surface area contributed by atoms with Crippen molar-refractivity contribution in [3.8, 4) is 22.7 Å². The van der Waals surface area contributed by atoms with Crippen LogP contribution in [0.4, 0.5) is 0 Å². The number of rotatable bonds is 7. The van der Waals surface area contributed by atoms with Crippen LogP contribution in [0.1, 0.15) is 36.8 Å². The Bertz CT molecular complexity index is 1590. The van der Waals surface area contributed by atoms with Crippen LogP contribution >= 0.6 is 11.3 Å². The van der Waals surface area contributed by atoms with E-state index in [9.17, 15) is 14.4 Å². The lowest BCUT2D eigenvalue weighted by Crippen LogP contribution is -2.43. The highest BCUT2D eigenvalue weighted by atomic mass is 32.1. The summed E-state index contributed by atoms with van der Waals surface area (Å²) in [6, 6.07) is 9.38. The van der Waals surface area contributed by atoms with Gasteiger partial charge in [0.15, 0.2) is 4.96 Å². The monoisotopic (exact) mass is 549 g/mol. The highest BCUT2D eigenvalue weighted by Crippen LogP contribution is 2.25. The van der Waals surface area contributed by atoms with Gasteiger partial charge in [0.1, 0.15) is 11.4 Å². The molecule has 1 unspecified atom stereocenters. The first-order chi connectivity index (χ1) is 18.8. The third-order valence-corrected chi connectivity index (χ3v) is 7.88. The summed E-state index contributed by atoms with van der Waals surface area (Å²) in [5, 5.41) is 6.53. The van der Waals surface area contributed by atoms with Crippen LogP contribution in [0.15, 0.2) is 40.5 Å². The van der Waals surface area contributed by atoms with Crippen LogP contribution in [0, 0.1) is 19.8 Å². The minimum Gasteiger partial charge on any atom is -0.497 e. The van der Waals surface area contributed by atoms with E-state index in [1.54, 1.807) is 35.9 Å². The fourth-order valence-corrected chi connectivity index (χ4v) is 5.95. The standard InChI is InChI=1S/C28H31N5O5S/c1-5-38-27(36)19-7-6-12-31(15-19)24(34)14-21-16-39-28-29-18(3)25(26(35)32(21)28)23-13-17(2)33(30-23)20-8-10-22(37-4)11-9-20/h8-11,13,16,19H,5-7,12,14-15H2,1-4H3. The highest BCUT2D eigenvalue weighted by molar-refractivity contribution is 7.15. The van der Waals surface area contributed by atoms with E-state index in [1.807, 2.05) is 37.3 Å². The molecule has 4 aromatic rings. The van der Waals surface area contributed by atoms with Gasteiger partial charge in [-0.25, -0.2) is 9.67 Å². The minimum absolute atomic E-state index is 0.0406. The molecule has 1 atom stereocenters. The molecule has 5 rings (SSSR count). The van der Waals surface area contributed by atoms with Crippen LogP contribution in [-0.4, -0.2) is 62.7 Å². The van der Waals surface area contributed by atoms with Crippen molar-refractivity contribution < 1.29 is 19.1 Å². The van der Waals surface area contributed by atoms with E-state index in [0.717, 1.165) is 23.6 Å². The Kier molecular flexibility index (Phi) is 7.51. The topological polar surface area (TPSA) is 108 Å². The van der Waals surface area contributed by atoms with Crippen LogP contribution in [0.25, 0.3) is 21.9 Å². The zero-order valence-corrected chi connectivity index (χ0v) is 23.3. The average molecular weight is 550 g/mol. The first-order valence-corrected chi connectivity index (χ1v) is 13.8. The van der Waals surface area contributed by atoms with E-state index in [-0.39, 0.29) is 29.8 Å². The van der Waals surface area contributed by atoms with Crippen LogP contribution < -0.4 is 10.3 Å². The van der Waals surface area contributed by atoms with Crippen LogP contribution in [-0.2, 0) is 20.7 Å². The molecule has 39 heavy (non-hydrogen) atoms. The predicted octanol–water partition coefficient (Wildman–Crippen LogP) is 3.58. The van der Waals surface area contributed by atoms with E-state index in [0.29, 0.717) is 53.7 Å². The van der Waals surface area contributed by atoms with Gasteiger partial charge in [-0.15, -0.1) is 11.3 Å². The predicted molar refractivity (Wildman–Crippen MR) is 148 cm³/mol. The summed E-state index contributed by atoms with van der Waals surface area (Å²) in [6.45, 7) is 6.73. The Balaban J connectivity index is 1.45.